The Morgan fingerprint density at radius 1 is 0.962 bits per heavy atom. The SMILES string of the molecule is CCN(CC)CCCCN1C(=O)c2ccccc2C1c1ccccc1N. The van der Waals surface area contributed by atoms with E-state index in [0.717, 1.165) is 61.4 Å². The third-order valence-electron chi connectivity index (χ3n) is 5.37. The molecule has 2 N–H and O–H groups in total. The number of hydrogen-bond donors (Lipinski definition) is 1. The normalized spacial score (nSPS) is 16.3. The minimum Gasteiger partial charge on any atom is -0.398 e. The molecule has 4 nitrogen and oxygen atoms in total. The Labute approximate surface area is 156 Å². The van der Waals surface area contributed by atoms with Crippen molar-refractivity contribution >= 4 is 11.6 Å². The van der Waals surface area contributed by atoms with Gasteiger partial charge in [0.15, 0.2) is 0 Å². The average molecular weight is 351 g/mol. The maximum absolute atomic E-state index is 13.0. The van der Waals surface area contributed by atoms with Crippen LogP contribution in [0.3, 0.4) is 0 Å². The highest BCUT2D eigenvalue weighted by Gasteiger charge is 2.37. The van der Waals surface area contributed by atoms with Crippen molar-refractivity contribution in [3.8, 4) is 0 Å². The lowest BCUT2D eigenvalue weighted by atomic mass is 9.96. The number of unbranched alkanes of at least 4 members (excludes halogenated alkanes) is 1. The first-order chi connectivity index (χ1) is 12.7. The standard InChI is InChI=1S/C22H29N3O/c1-3-24(4-2)15-9-10-16-25-21(19-13-7-8-14-20(19)23)17-11-5-6-12-18(17)22(25)26/h5-8,11-14,21H,3-4,9-10,15-16,23H2,1-2H3. The number of anilines is 1. The minimum atomic E-state index is -0.0756. The van der Waals surface area contributed by atoms with Gasteiger partial charge in [0, 0.05) is 23.4 Å². The van der Waals surface area contributed by atoms with Crippen LogP contribution >= 0.6 is 0 Å². The second-order valence-electron chi connectivity index (χ2n) is 6.85. The Kier molecular flexibility index (Phi) is 5.94. The summed E-state index contributed by atoms with van der Waals surface area (Å²) in [5.41, 5.74) is 9.90. The van der Waals surface area contributed by atoms with E-state index in [1.165, 1.54) is 0 Å². The molecule has 0 saturated carbocycles. The average Bonchev–Trinajstić information content (AvgIpc) is 2.95. The monoisotopic (exact) mass is 351 g/mol. The number of carbonyl (C=O) groups is 1. The number of nitrogen functional groups attached to an aromatic ring is 1. The summed E-state index contributed by atoms with van der Waals surface area (Å²) in [4.78, 5) is 17.4. The van der Waals surface area contributed by atoms with Crippen LogP contribution in [0.15, 0.2) is 48.5 Å². The van der Waals surface area contributed by atoms with Crippen LogP contribution in [-0.4, -0.2) is 41.9 Å². The summed E-state index contributed by atoms with van der Waals surface area (Å²) in [5, 5.41) is 0. The van der Waals surface area contributed by atoms with Gasteiger partial charge in [0.25, 0.3) is 5.91 Å². The molecule has 1 amide bonds. The first kappa shape index (κ1) is 18.5. The third kappa shape index (κ3) is 3.61. The first-order valence-corrected chi connectivity index (χ1v) is 9.64. The van der Waals surface area contributed by atoms with Crippen molar-refractivity contribution in [3.63, 3.8) is 0 Å². The van der Waals surface area contributed by atoms with E-state index in [2.05, 4.69) is 24.8 Å². The van der Waals surface area contributed by atoms with E-state index in [1.807, 2.05) is 47.4 Å². The van der Waals surface area contributed by atoms with Crippen LogP contribution in [-0.2, 0) is 0 Å². The van der Waals surface area contributed by atoms with Crippen molar-refractivity contribution in [1.82, 2.24) is 9.80 Å². The molecule has 0 fully saturated rings. The molecule has 1 heterocycles. The van der Waals surface area contributed by atoms with E-state index in [9.17, 15) is 4.79 Å². The number of nitrogens with two attached hydrogens (primary N) is 1. The fraction of sp³-hybridized carbons (Fsp3) is 0.409. The van der Waals surface area contributed by atoms with Crippen LogP contribution in [0.5, 0.6) is 0 Å². The summed E-state index contributed by atoms with van der Waals surface area (Å²) < 4.78 is 0. The van der Waals surface area contributed by atoms with Crippen LogP contribution in [0.4, 0.5) is 5.69 Å². The molecule has 4 heteroatoms. The molecule has 0 radical (unpaired) electrons. The third-order valence-corrected chi connectivity index (χ3v) is 5.37. The molecule has 3 rings (SSSR count). The molecular weight excluding hydrogens is 322 g/mol. The van der Waals surface area contributed by atoms with Gasteiger partial charge >= 0.3 is 0 Å². The van der Waals surface area contributed by atoms with Gasteiger partial charge in [0.1, 0.15) is 0 Å². The highest BCUT2D eigenvalue weighted by atomic mass is 16.2. The zero-order valence-electron chi connectivity index (χ0n) is 15.8. The summed E-state index contributed by atoms with van der Waals surface area (Å²) in [6.45, 7) is 8.38. The van der Waals surface area contributed by atoms with Crippen molar-refractivity contribution in [3.05, 3.63) is 65.2 Å². The number of para-hydroxylation sites is 1. The van der Waals surface area contributed by atoms with Crippen molar-refractivity contribution in [2.24, 2.45) is 0 Å². The lowest BCUT2D eigenvalue weighted by Gasteiger charge is -2.27. The van der Waals surface area contributed by atoms with Crippen LogP contribution in [0.2, 0.25) is 0 Å². The maximum atomic E-state index is 13.0. The van der Waals surface area contributed by atoms with Crippen LogP contribution in [0.25, 0.3) is 0 Å². The predicted octanol–water partition coefficient (Wildman–Crippen LogP) is 3.94. The van der Waals surface area contributed by atoms with Gasteiger partial charge in [-0.25, -0.2) is 0 Å². The number of nitrogens with zero attached hydrogens (tertiary/aromatic N) is 2. The van der Waals surface area contributed by atoms with Crippen molar-refractivity contribution < 1.29 is 4.79 Å². The topological polar surface area (TPSA) is 49.6 Å². The lowest BCUT2D eigenvalue weighted by Crippen LogP contribution is -2.31. The summed E-state index contributed by atoms with van der Waals surface area (Å²) >= 11 is 0. The van der Waals surface area contributed by atoms with E-state index in [1.54, 1.807) is 0 Å². The van der Waals surface area contributed by atoms with Gasteiger partial charge in [0.2, 0.25) is 0 Å². The first-order valence-electron chi connectivity index (χ1n) is 9.64. The predicted molar refractivity (Wildman–Crippen MR) is 107 cm³/mol. The summed E-state index contributed by atoms with van der Waals surface area (Å²) in [6, 6.07) is 15.7. The van der Waals surface area contributed by atoms with E-state index in [4.69, 9.17) is 5.73 Å². The van der Waals surface area contributed by atoms with Crippen LogP contribution in [0, 0.1) is 0 Å². The molecular formula is C22H29N3O. The van der Waals surface area contributed by atoms with Gasteiger partial charge in [-0.05, 0) is 50.2 Å². The van der Waals surface area contributed by atoms with E-state index in [-0.39, 0.29) is 11.9 Å². The van der Waals surface area contributed by atoms with Gasteiger partial charge < -0.3 is 15.5 Å². The Bertz CT molecular complexity index is 755. The van der Waals surface area contributed by atoms with Gasteiger partial charge in [-0.1, -0.05) is 50.2 Å². The van der Waals surface area contributed by atoms with E-state index >= 15 is 0 Å². The van der Waals surface area contributed by atoms with Gasteiger partial charge in [0.05, 0.1) is 6.04 Å². The second-order valence-corrected chi connectivity index (χ2v) is 6.85. The molecule has 138 valence electrons. The number of amides is 1. The highest BCUT2D eigenvalue weighted by Crippen LogP contribution is 2.40. The lowest BCUT2D eigenvalue weighted by molar-refractivity contribution is 0.0745. The number of carbonyl (C=O) groups excluding carboxylic acids is 1. The van der Waals surface area contributed by atoms with Crippen molar-refractivity contribution in [2.45, 2.75) is 32.7 Å². The molecule has 1 aliphatic rings. The second kappa shape index (κ2) is 8.37. The molecule has 1 atom stereocenters. The number of rotatable bonds is 8. The molecule has 2 aromatic rings. The molecule has 26 heavy (non-hydrogen) atoms. The molecule has 0 spiro atoms. The Balaban J connectivity index is 1.79. The molecule has 0 aromatic heterocycles. The molecule has 0 aliphatic carbocycles. The highest BCUT2D eigenvalue weighted by molar-refractivity contribution is 6.00. The maximum Gasteiger partial charge on any atom is 0.255 e. The van der Waals surface area contributed by atoms with Crippen LogP contribution < -0.4 is 5.73 Å². The molecule has 0 saturated heterocycles. The van der Waals surface area contributed by atoms with E-state index in [0.29, 0.717) is 0 Å². The quantitative estimate of drug-likeness (QED) is 0.579. The van der Waals surface area contributed by atoms with Crippen LogP contribution in [0.1, 0.15) is 54.2 Å². The zero-order valence-corrected chi connectivity index (χ0v) is 15.8. The van der Waals surface area contributed by atoms with Gasteiger partial charge in [-0.2, -0.15) is 0 Å². The molecule has 1 aliphatic heterocycles. The largest absolute Gasteiger partial charge is 0.398 e. The summed E-state index contributed by atoms with van der Waals surface area (Å²) in [6.07, 6.45) is 2.10. The van der Waals surface area contributed by atoms with Gasteiger partial charge in [-0.15, -0.1) is 0 Å². The fourth-order valence-corrected chi connectivity index (χ4v) is 3.85. The van der Waals surface area contributed by atoms with E-state index < -0.39 is 0 Å². The number of fused-ring (bicyclic) bond motifs is 1. The Hall–Kier alpha value is -2.33. The zero-order chi connectivity index (χ0) is 18.5. The molecule has 1 unspecified atom stereocenters. The number of benzene rings is 2. The smallest absolute Gasteiger partial charge is 0.255 e. The molecule has 0 bridgehead atoms. The summed E-state index contributed by atoms with van der Waals surface area (Å²) in [5.74, 6) is 0.122. The number of hydrogen-bond acceptors (Lipinski definition) is 3. The Morgan fingerprint density at radius 2 is 1.62 bits per heavy atom. The Morgan fingerprint density at radius 3 is 2.31 bits per heavy atom. The fourth-order valence-electron chi connectivity index (χ4n) is 3.85. The van der Waals surface area contributed by atoms with Crippen molar-refractivity contribution in [2.75, 3.05) is 31.9 Å². The van der Waals surface area contributed by atoms with Crippen molar-refractivity contribution in [1.29, 1.82) is 0 Å². The minimum absolute atomic E-state index is 0.0756. The summed E-state index contributed by atoms with van der Waals surface area (Å²) in [7, 11) is 0. The van der Waals surface area contributed by atoms with Gasteiger partial charge in [-0.3, -0.25) is 4.79 Å². The molecule has 2 aromatic carbocycles.